The maximum absolute atomic E-state index is 2.61. The monoisotopic (exact) mass is 744 g/mol. The highest BCUT2D eigenvalue weighted by Crippen LogP contribution is 2.65. The van der Waals surface area contributed by atoms with Crippen molar-refractivity contribution < 1.29 is 0 Å². The highest BCUT2D eigenvalue weighted by Gasteiger charge is 2.52. The van der Waals surface area contributed by atoms with Crippen LogP contribution in [0.15, 0.2) is 218 Å². The summed E-state index contributed by atoms with van der Waals surface area (Å²) in [7, 11) is 0. The second-order valence-electron chi connectivity index (χ2n) is 16.2. The summed E-state index contributed by atoms with van der Waals surface area (Å²) in [6.45, 7) is 0. The zero-order chi connectivity index (χ0) is 38.7. The molecule has 0 amide bonds. The topological polar surface area (TPSA) is 0 Å². The van der Waals surface area contributed by atoms with Gasteiger partial charge in [0.1, 0.15) is 0 Å². The quantitative estimate of drug-likeness (QED) is 0.158. The Hall–Kier alpha value is -7.54. The molecule has 0 N–H and O–H groups in total. The Morgan fingerprint density at radius 3 is 1.29 bits per heavy atom. The SMILES string of the molecule is c1ccc(-c2ccc(-c3c4ccccc4c(-c4cc5c(c6ccccc46)-c4c(ccc6ccccc46)C54c5ccccc5-c5ccccc54)c4ccccc34)cc2)cc1. The Morgan fingerprint density at radius 2 is 0.661 bits per heavy atom. The van der Waals surface area contributed by atoms with Gasteiger partial charge in [-0.05, 0) is 127 Å². The summed E-state index contributed by atoms with van der Waals surface area (Å²) in [5, 5.41) is 10.2. The van der Waals surface area contributed by atoms with Crippen LogP contribution in [-0.4, -0.2) is 0 Å². The van der Waals surface area contributed by atoms with Crippen LogP contribution in [0.1, 0.15) is 22.3 Å². The lowest BCUT2D eigenvalue weighted by atomic mass is 9.69. The van der Waals surface area contributed by atoms with Crippen molar-refractivity contribution in [3.05, 3.63) is 241 Å². The number of rotatable bonds is 3. The van der Waals surface area contributed by atoms with Gasteiger partial charge >= 0.3 is 0 Å². The van der Waals surface area contributed by atoms with E-state index >= 15 is 0 Å². The van der Waals surface area contributed by atoms with E-state index in [1.165, 1.54) is 121 Å². The molecule has 0 atom stereocenters. The van der Waals surface area contributed by atoms with E-state index < -0.39 is 5.41 Å². The summed E-state index contributed by atoms with van der Waals surface area (Å²) in [4.78, 5) is 0. The van der Waals surface area contributed by atoms with Crippen molar-refractivity contribution in [3.8, 4) is 55.6 Å². The van der Waals surface area contributed by atoms with Crippen molar-refractivity contribution in [2.75, 3.05) is 0 Å². The van der Waals surface area contributed by atoms with Gasteiger partial charge in [0.15, 0.2) is 0 Å². The Labute approximate surface area is 343 Å². The van der Waals surface area contributed by atoms with Crippen LogP contribution in [0.3, 0.4) is 0 Å². The van der Waals surface area contributed by atoms with Gasteiger partial charge in [0.05, 0.1) is 5.41 Å². The van der Waals surface area contributed by atoms with Gasteiger partial charge in [-0.3, -0.25) is 0 Å². The van der Waals surface area contributed by atoms with Gasteiger partial charge < -0.3 is 0 Å². The van der Waals surface area contributed by atoms with Crippen LogP contribution in [0.5, 0.6) is 0 Å². The Bertz CT molecular complexity index is 3430. The molecule has 0 aliphatic heterocycles. The maximum atomic E-state index is 2.61. The van der Waals surface area contributed by atoms with Gasteiger partial charge in [-0.25, -0.2) is 0 Å². The van der Waals surface area contributed by atoms with E-state index in [-0.39, 0.29) is 0 Å². The zero-order valence-electron chi connectivity index (χ0n) is 32.3. The van der Waals surface area contributed by atoms with Crippen LogP contribution in [0.25, 0.3) is 98.7 Å². The van der Waals surface area contributed by atoms with Crippen molar-refractivity contribution in [2.24, 2.45) is 0 Å². The Balaban J connectivity index is 1.17. The van der Waals surface area contributed by atoms with Crippen molar-refractivity contribution in [3.63, 3.8) is 0 Å². The molecule has 0 heterocycles. The molecule has 2 aliphatic carbocycles. The number of fused-ring (bicyclic) bond motifs is 16. The first-order valence-electron chi connectivity index (χ1n) is 20.7. The molecule has 0 radical (unpaired) electrons. The fourth-order valence-electron chi connectivity index (χ4n) is 11.2. The van der Waals surface area contributed by atoms with Gasteiger partial charge in [-0.2, -0.15) is 0 Å². The molecule has 0 saturated carbocycles. The first-order valence-corrected chi connectivity index (χ1v) is 20.7. The summed E-state index contributed by atoms with van der Waals surface area (Å²) in [5.41, 5.74) is 17.9. The van der Waals surface area contributed by atoms with Crippen LogP contribution < -0.4 is 0 Å². The minimum atomic E-state index is -0.479. The lowest BCUT2D eigenvalue weighted by Gasteiger charge is -2.31. The molecule has 13 rings (SSSR count). The minimum absolute atomic E-state index is 0.479. The molecule has 0 heteroatoms. The van der Waals surface area contributed by atoms with Gasteiger partial charge in [-0.1, -0.05) is 212 Å². The molecule has 11 aromatic rings. The van der Waals surface area contributed by atoms with Crippen LogP contribution in [-0.2, 0) is 5.41 Å². The third-order valence-electron chi connectivity index (χ3n) is 13.5. The summed E-state index contributed by atoms with van der Waals surface area (Å²) in [5.74, 6) is 0. The third kappa shape index (κ3) is 4.33. The lowest BCUT2D eigenvalue weighted by Crippen LogP contribution is -2.26. The van der Waals surface area contributed by atoms with Crippen molar-refractivity contribution in [2.45, 2.75) is 5.41 Å². The predicted octanol–water partition coefficient (Wildman–Crippen LogP) is 15.6. The standard InChI is InChI=1S/C59H36/c1-2-16-37(17-3-1)38-30-32-40(33-31-38)55-46-24-8-10-26-48(46)56(49-27-11-9-25-47(49)55)50-36-54-58(45-23-7-6-20-42(45)50)57-41-19-5-4-18-39(41)34-35-53(57)59(54)51-28-14-12-21-43(51)44-22-13-15-29-52(44)59/h1-36H. The number of hydrogen-bond acceptors (Lipinski definition) is 0. The average Bonchev–Trinajstić information content (AvgIpc) is 3.79. The zero-order valence-corrected chi connectivity index (χ0v) is 32.3. The highest BCUT2D eigenvalue weighted by molar-refractivity contribution is 6.25. The van der Waals surface area contributed by atoms with Crippen molar-refractivity contribution >= 4 is 43.1 Å². The largest absolute Gasteiger partial charge is 0.0726 e. The minimum Gasteiger partial charge on any atom is -0.0622 e. The van der Waals surface area contributed by atoms with Crippen molar-refractivity contribution in [1.29, 1.82) is 0 Å². The molecule has 0 unspecified atom stereocenters. The first kappa shape index (κ1) is 32.5. The Kier molecular flexibility index (Phi) is 6.74. The van der Waals surface area contributed by atoms with E-state index in [9.17, 15) is 0 Å². The third-order valence-corrected chi connectivity index (χ3v) is 13.5. The second-order valence-corrected chi connectivity index (χ2v) is 16.2. The first-order chi connectivity index (χ1) is 29.3. The molecule has 272 valence electrons. The van der Waals surface area contributed by atoms with Crippen molar-refractivity contribution in [1.82, 2.24) is 0 Å². The van der Waals surface area contributed by atoms with Gasteiger partial charge in [-0.15, -0.1) is 0 Å². The molecule has 0 aromatic heterocycles. The maximum Gasteiger partial charge on any atom is 0.0726 e. The second kappa shape index (κ2) is 12.2. The molecule has 1 spiro atoms. The molecule has 11 aromatic carbocycles. The normalized spacial score (nSPS) is 13.2. The van der Waals surface area contributed by atoms with Crippen LogP contribution in [0.2, 0.25) is 0 Å². The summed E-state index contributed by atoms with van der Waals surface area (Å²) < 4.78 is 0. The van der Waals surface area contributed by atoms with E-state index in [0.717, 1.165) is 0 Å². The molecular weight excluding hydrogens is 709 g/mol. The average molecular weight is 745 g/mol. The fourth-order valence-corrected chi connectivity index (χ4v) is 11.2. The lowest BCUT2D eigenvalue weighted by molar-refractivity contribution is 0.795. The summed E-state index contributed by atoms with van der Waals surface area (Å²) in [6, 6.07) is 81.9. The number of benzene rings is 11. The molecule has 0 fully saturated rings. The summed E-state index contributed by atoms with van der Waals surface area (Å²) in [6.07, 6.45) is 0. The molecule has 59 heavy (non-hydrogen) atoms. The summed E-state index contributed by atoms with van der Waals surface area (Å²) >= 11 is 0. The van der Waals surface area contributed by atoms with Gasteiger partial charge in [0.25, 0.3) is 0 Å². The molecule has 0 bridgehead atoms. The van der Waals surface area contributed by atoms with E-state index in [2.05, 4.69) is 218 Å². The van der Waals surface area contributed by atoms with E-state index in [1.54, 1.807) is 0 Å². The Morgan fingerprint density at radius 1 is 0.220 bits per heavy atom. The predicted molar refractivity (Wildman–Crippen MR) is 249 cm³/mol. The van der Waals surface area contributed by atoms with Gasteiger partial charge in [0, 0.05) is 0 Å². The molecule has 0 nitrogen and oxygen atoms in total. The molecule has 2 aliphatic rings. The highest BCUT2D eigenvalue weighted by atomic mass is 14.5. The molecular formula is C59H36. The van der Waals surface area contributed by atoms with Crippen LogP contribution in [0.4, 0.5) is 0 Å². The van der Waals surface area contributed by atoms with Gasteiger partial charge in [0.2, 0.25) is 0 Å². The smallest absolute Gasteiger partial charge is 0.0622 e. The fraction of sp³-hybridized carbons (Fsp3) is 0.0169. The van der Waals surface area contributed by atoms with E-state index in [1.807, 2.05) is 0 Å². The van der Waals surface area contributed by atoms with Crippen LogP contribution in [0, 0.1) is 0 Å². The molecule has 0 saturated heterocycles. The number of hydrogen-bond donors (Lipinski definition) is 0. The van der Waals surface area contributed by atoms with E-state index in [0.29, 0.717) is 0 Å². The van der Waals surface area contributed by atoms with E-state index in [4.69, 9.17) is 0 Å². The van der Waals surface area contributed by atoms with Crippen LogP contribution >= 0.6 is 0 Å².